The van der Waals surface area contributed by atoms with Crippen LogP contribution in [0.2, 0.25) is 0 Å². The van der Waals surface area contributed by atoms with Gasteiger partial charge in [0.05, 0.1) is 30.8 Å². The minimum Gasteiger partial charge on any atom is -0.382 e. The Labute approximate surface area is 151 Å². The number of pyridine rings is 1. The van der Waals surface area contributed by atoms with Gasteiger partial charge in [-0.3, -0.25) is 4.79 Å². The Balaban J connectivity index is 1.34. The Morgan fingerprint density at radius 2 is 1.92 bits per heavy atom. The average molecular weight is 352 g/mol. The summed E-state index contributed by atoms with van der Waals surface area (Å²) in [6, 6.07) is 13.5. The minimum atomic E-state index is -0.621. The normalized spacial score (nSPS) is 19.6. The maximum absolute atomic E-state index is 12.4. The van der Waals surface area contributed by atoms with Crippen LogP contribution in [0.1, 0.15) is 12.0 Å². The average Bonchev–Trinajstić information content (AvgIpc) is 3.20. The second-order valence-corrected chi connectivity index (χ2v) is 6.20. The van der Waals surface area contributed by atoms with Crippen molar-refractivity contribution in [2.24, 2.45) is 5.16 Å². The van der Waals surface area contributed by atoms with Crippen molar-refractivity contribution in [3.05, 3.63) is 54.2 Å². The maximum atomic E-state index is 12.4. The molecule has 1 aromatic heterocycles. The summed E-state index contributed by atoms with van der Waals surface area (Å²) in [6.45, 7) is 3.08. The molecule has 3 heterocycles. The maximum Gasteiger partial charge on any atom is 0.268 e. The van der Waals surface area contributed by atoms with E-state index in [9.17, 15) is 4.79 Å². The van der Waals surface area contributed by atoms with E-state index in [1.54, 1.807) is 6.20 Å². The number of benzene rings is 1. The molecular formula is C19H20N4O3. The van der Waals surface area contributed by atoms with Gasteiger partial charge >= 0.3 is 0 Å². The number of rotatable bonds is 4. The van der Waals surface area contributed by atoms with Gasteiger partial charge in [-0.15, -0.1) is 0 Å². The van der Waals surface area contributed by atoms with Crippen LogP contribution in [0, 0.1) is 0 Å². The highest BCUT2D eigenvalue weighted by atomic mass is 16.6. The van der Waals surface area contributed by atoms with Crippen molar-refractivity contribution in [2.45, 2.75) is 12.5 Å². The Bertz CT molecular complexity index is 786. The van der Waals surface area contributed by atoms with Gasteiger partial charge in [0.2, 0.25) is 6.10 Å². The molecule has 0 bridgehead atoms. The topological polar surface area (TPSA) is 76.1 Å². The van der Waals surface area contributed by atoms with E-state index in [0.29, 0.717) is 25.3 Å². The lowest BCUT2D eigenvalue weighted by Crippen LogP contribution is -2.36. The lowest BCUT2D eigenvalue weighted by Gasteiger charge is -2.27. The Morgan fingerprint density at radius 3 is 2.65 bits per heavy atom. The second-order valence-electron chi connectivity index (χ2n) is 6.20. The highest BCUT2D eigenvalue weighted by Crippen LogP contribution is 2.19. The zero-order valence-corrected chi connectivity index (χ0v) is 14.3. The molecular weight excluding hydrogens is 332 g/mol. The summed E-state index contributed by atoms with van der Waals surface area (Å²) in [5.74, 6) is 0.665. The molecule has 1 fully saturated rings. The minimum absolute atomic E-state index is 0.222. The molecule has 1 atom stereocenters. The van der Waals surface area contributed by atoms with Gasteiger partial charge in [-0.2, -0.15) is 0 Å². The molecule has 7 nitrogen and oxygen atoms in total. The van der Waals surface area contributed by atoms with Crippen LogP contribution in [-0.2, 0) is 14.4 Å². The van der Waals surface area contributed by atoms with Crippen molar-refractivity contribution in [1.82, 2.24) is 4.98 Å². The van der Waals surface area contributed by atoms with Gasteiger partial charge < -0.3 is 19.8 Å². The summed E-state index contributed by atoms with van der Waals surface area (Å²) in [5, 5.41) is 6.89. The molecule has 0 spiro atoms. The highest BCUT2D eigenvalue weighted by Gasteiger charge is 2.29. The third kappa shape index (κ3) is 3.67. The van der Waals surface area contributed by atoms with Gasteiger partial charge in [0.1, 0.15) is 5.82 Å². The van der Waals surface area contributed by atoms with Crippen LogP contribution >= 0.6 is 0 Å². The van der Waals surface area contributed by atoms with Crippen LogP contribution < -0.4 is 10.2 Å². The first kappa shape index (κ1) is 16.5. The monoisotopic (exact) mass is 352 g/mol. The number of anilines is 2. The third-order valence-corrected chi connectivity index (χ3v) is 4.42. The third-order valence-electron chi connectivity index (χ3n) is 4.42. The van der Waals surface area contributed by atoms with Crippen LogP contribution in [0.15, 0.2) is 53.8 Å². The predicted molar refractivity (Wildman–Crippen MR) is 98.4 cm³/mol. The molecule has 2 aliphatic heterocycles. The molecule has 134 valence electrons. The molecule has 1 amide bonds. The second kappa shape index (κ2) is 7.53. The van der Waals surface area contributed by atoms with Crippen molar-refractivity contribution in [3.8, 4) is 0 Å². The van der Waals surface area contributed by atoms with E-state index < -0.39 is 6.10 Å². The Hall–Kier alpha value is -2.93. The van der Waals surface area contributed by atoms with Gasteiger partial charge in [-0.1, -0.05) is 35.5 Å². The molecule has 1 aromatic carbocycles. The fourth-order valence-corrected chi connectivity index (χ4v) is 2.98. The van der Waals surface area contributed by atoms with Gasteiger partial charge in [0.15, 0.2) is 0 Å². The number of nitrogens with zero attached hydrogens (tertiary/aromatic N) is 3. The van der Waals surface area contributed by atoms with Gasteiger partial charge in [0.25, 0.3) is 5.91 Å². The largest absolute Gasteiger partial charge is 0.382 e. The summed E-state index contributed by atoms with van der Waals surface area (Å²) in [6.07, 6.45) is 1.50. The van der Waals surface area contributed by atoms with Crippen molar-refractivity contribution >= 4 is 23.1 Å². The van der Waals surface area contributed by atoms with E-state index in [2.05, 4.69) is 20.4 Å². The highest BCUT2D eigenvalue weighted by molar-refractivity contribution is 6.06. The van der Waals surface area contributed by atoms with E-state index >= 15 is 0 Å². The molecule has 2 aliphatic rings. The predicted octanol–water partition coefficient (Wildman–Crippen LogP) is 2.05. The molecule has 26 heavy (non-hydrogen) atoms. The van der Waals surface area contributed by atoms with Crippen LogP contribution in [0.25, 0.3) is 0 Å². The summed E-state index contributed by atoms with van der Waals surface area (Å²) < 4.78 is 5.34. The number of carbonyl (C=O) groups is 1. The van der Waals surface area contributed by atoms with Crippen LogP contribution in [-0.4, -0.2) is 49.0 Å². The summed E-state index contributed by atoms with van der Waals surface area (Å²) in [7, 11) is 0. The summed E-state index contributed by atoms with van der Waals surface area (Å²) in [4.78, 5) is 24.3. The van der Waals surface area contributed by atoms with E-state index in [1.165, 1.54) is 0 Å². The number of amides is 1. The van der Waals surface area contributed by atoms with E-state index in [4.69, 9.17) is 9.57 Å². The fraction of sp³-hybridized carbons (Fsp3) is 0.316. The van der Waals surface area contributed by atoms with Gasteiger partial charge in [0, 0.05) is 19.5 Å². The first-order chi connectivity index (χ1) is 12.8. The standard InChI is InChI=1S/C19H20N4O3/c24-19(17-12-16(22-26-17)14-4-2-1-3-5-14)21-15-6-7-18(20-13-15)23-8-10-25-11-9-23/h1-7,13,17H,8-12H2,(H,21,24)/t17-/m0/s1. The lowest BCUT2D eigenvalue weighted by molar-refractivity contribution is -0.125. The number of carbonyl (C=O) groups excluding carboxylic acids is 1. The van der Waals surface area contributed by atoms with Gasteiger partial charge in [-0.05, 0) is 17.7 Å². The molecule has 0 saturated carbocycles. The number of aromatic nitrogens is 1. The van der Waals surface area contributed by atoms with Crippen molar-refractivity contribution in [2.75, 3.05) is 36.5 Å². The zero-order valence-electron chi connectivity index (χ0n) is 14.3. The van der Waals surface area contributed by atoms with Gasteiger partial charge in [-0.25, -0.2) is 4.98 Å². The molecule has 2 aromatic rings. The van der Waals surface area contributed by atoms with Crippen molar-refractivity contribution in [3.63, 3.8) is 0 Å². The molecule has 0 aliphatic carbocycles. The van der Waals surface area contributed by atoms with E-state index in [0.717, 1.165) is 30.2 Å². The molecule has 1 saturated heterocycles. The number of morpholine rings is 1. The number of nitrogens with one attached hydrogen (secondary N) is 1. The van der Waals surface area contributed by atoms with E-state index in [1.807, 2.05) is 42.5 Å². The quantitative estimate of drug-likeness (QED) is 0.911. The number of ether oxygens (including phenoxy) is 1. The summed E-state index contributed by atoms with van der Waals surface area (Å²) in [5.41, 5.74) is 2.40. The van der Waals surface area contributed by atoms with Crippen molar-refractivity contribution in [1.29, 1.82) is 0 Å². The van der Waals surface area contributed by atoms with Crippen LogP contribution in [0.5, 0.6) is 0 Å². The van der Waals surface area contributed by atoms with Crippen molar-refractivity contribution < 1.29 is 14.4 Å². The molecule has 7 heteroatoms. The van der Waals surface area contributed by atoms with E-state index in [-0.39, 0.29) is 5.91 Å². The SMILES string of the molecule is O=C(Nc1ccc(N2CCOCC2)nc1)[C@@H]1CC(c2ccccc2)=NO1. The molecule has 0 unspecified atom stereocenters. The fourth-order valence-electron chi connectivity index (χ4n) is 2.98. The Morgan fingerprint density at radius 1 is 1.12 bits per heavy atom. The lowest BCUT2D eigenvalue weighted by atomic mass is 10.0. The molecule has 0 radical (unpaired) electrons. The smallest absolute Gasteiger partial charge is 0.268 e. The van der Waals surface area contributed by atoms with Crippen LogP contribution in [0.4, 0.5) is 11.5 Å². The van der Waals surface area contributed by atoms with Crippen LogP contribution in [0.3, 0.4) is 0 Å². The summed E-state index contributed by atoms with van der Waals surface area (Å²) >= 11 is 0. The number of hydrogen-bond donors (Lipinski definition) is 1. The first-order valence-corrected chi connectivity index (χ1v) is 8.67. The number of oxime groups is 1. The molecule has 4 rings (SSSR count). The molecule has 1 N–H and O–H groups in total. The zero-order chi connectivity index (χ0) is 17.8. The Kier molecular flexibility index (Phi) is 4.79. The first-order valence-electron chi connectivity index (χ1n) is 8.67. The number of hydrogen-bond acceptors (Lipinski definition) is 6.